The Bertz CT molecular complexity index is 842. The van der Waals surface area contributed by atoms with Crippen molar-refractivity contribution >= 4 is 5.78 Å². The molecule has 5 fully saturated rings. The first-order chi connectivity index (χ1) is 15.4. The minimum Gasteiger partial charge on any atom is -0.396 e. The predicted octanol–water partition coefficient (Wildman–Crippen LogP) is 7.60. The van der Waals surface area contributed by atoms with Gasteiger partial charge in [0.25, 0.3) is 0 Å². The summed E-state index contributed by atoms with van der Waals surface area (Å²) in [7, 11) is 0. The highest BCUT2D eigenvalue weighted by Crippen LogP contribution is 2.88. The summed E-state index contributed by atoms with van der Waals surface area (Å²) in [5, 5.41) is 9.50. The van der Waals surface area contributed by atoms with Gasteiger partial charge in [0.2, 0.25) is 0 Å². The van der Waals surface area contributed by atoms with Gasteiger partial charge in [0, 0.05) is 18.4 Å². The van der Waals surface area contributed by atoms with Gasteiger partial charge in [0.15, 0.2) is 0 Å². The fraction of sp³-hybridized carbons (Fsp3) is 0.903. The van der Waals surface area contributed by atoms with Crippen LogP contribution in [0.4, 0.5) is 0 Å². The molecule has 5 aliphatic rings. The van der Waals surface area contributed by atoms with Gasteiger partial charge in [-0.2, -0.15) is 0 Å². The SMILES string of the molecule is C=C(CC[C@@H](C)[C@H]1CC[C@@]2(C)[C@@H]3CC[C@H]4C(C)(C)C(=O)CC[C@@]45C[C@@]35CC[C@]12C)[C@@H](C)CO. The second kappa shape index (κ2) is 7.44. The lowest BCUT2D eigenvalue weighted by molar-refractivity contribution is -0.157. The minimum atomic E-state index is -0.102. The molecule has 0 aromatic heterocycles. The molecule has 0 aliphatic heterocycles. The van der Waals surface area contributed by atoms with Crippen molar-refractivity contribution < 1.29 is 9.90 Å². The Morgan fingerprint density at radius 1 is 0.970 bits per heavy atom. The summed E-state index contributed by atoms with van der Waals surface area (Å²) in [6, 6.07) is 0. The van der Waals surface area contributed by atoms with Crippen LogP contribution in [0.2, 0.25) is 0 Å². The van der Waals surface area contributed by atoms with Gasteiger partial charge in [-0.15, -0.1) is 0 Å². The average molecular weight is 455 g/mol. The quantitative estimate of drug-likeness (QED) is 0.420. The Hall–Kier alpha value is -0.630. The standard InChI is InChI=1S/C31H50O2/c1-20(22(3)18-32)8-9-21(2)23-12-14-29(7)25-11-10-24-27(4,5)26(33)13-15-30(24)19-31(25,30)17-16-28(23,29)6/h21-25,32H,1,8-19H2,2-7H3/t21-,22+,23-,24+,25+,28-,29+,30-,31+/m1/s1. The van der Waals surface area contributed by atoms with Crippen LogP contribution in [0.3, 0.4) is 0 Å². The molecule has 0 saturated heterocycles. The molecule has 0 bridgehead atoms. The van der Waals surface area contributed by atoms with Crippen molar-refractivity contribution in [1.82, 2.24) is 0 Å². The first kappa shape index (κ1) is 24.1. The van der Waals surface area contributed by atoms with Gasteiger partial charge in [0.1, 0.15) is 5.78 Å². The first-order valence-electron chi connectivity index (χ1n) is 14.2. The Balaban J connectivity index is 1.37. The molecular formula is C31H50O2. The lowest BCUT2D eigenvalue weighted by atomic mass is 9.42. The van der Waals surface area contributed by atoms with Crippen LogP contribution in [0.25, 0.3) is 0 Å². The molecule has 0 unspecified atom stereocenters. The summed E-state index contributed by atoms with van der Waals surface area (Å²) in [5.74, 6) is 3.80. The molecule has 5 aliphatic carbocycles. The molecule has 0 aromatic rings. The van der Waals surface area contributed by atoms with E-state index in [0.717, 1.165) is 30.6 Å². The summed E-state index contributed by atoms with van der Waals surface area (Å²) < 4.78 is 0. The summed E-state index contributed by atoms with van der Waals surface area (Å²) >= 11 is 0. The van der Waals surface area contributed by atoms with E-state index in [2.05, 4.69) is 48.1 Å². The normalized spacial score (nSPS) is 49.3. The van der Waals surface area contributed by atoms with Crippen LogP contribution < -0.4 is 0 Å². The van der Waals surface area contributed by atoms with Crippen molar-refractivity contribution in [1.29, 1.82) is 0 Å². The smallest absolute Gasteiger partial charge is 0.138 e. The van der Waals surface area contributed by atoms with Gasteiger partial charge >= 0.3 is 0 Å². The van der Waals surface area contributed by atoms with Crippen LogP contribution in [0, 0.1) is 56.7 Å². The lowest BCUT2D eigenvalue weighted by Gasteiger charge is -2.62. The number of carbonyl (C=O) groups is 1. The maximum Gasteiger partial charge on any atom is 0.138 e. The monoisotopic (exact) mass is 454 g/mol. The van der Waals surface area contributed by atoms with Gasteiger partial charge in [-0.3, -0.25) is 4.79 Å². The Morgan fingerprint density at radius 2 is 1.64 bits per heavy atom. The van der Waals surface area contributed by atoms with Gasteiger partial charge in [-0.1, -0.05) is 53.7 Å². The summed E-state index contributed by atoms with van der Waals surface area (Å²) in [6.45, 7) is 19.0. The van der Waals surface area contributed by atoms with Gasteiger partial charge in [-0.25, -0.2) is 0 Å². The molecule has 0 heterocycles. The van der Waals surface area contributed by atoms with E-state index in [1.165, 1.54) is 63.4 Å². The molecular weight excluding hydrogens is 404 g/mol. The van der Waals surface area contributed by atoms with E-state index in [9.17, 15) is 9.90 Å². The zero-order valence-corrected chi connectivity index (χ0v) is 22.4. The molecule has 0 amide bonds. The Kier molecular flexibility index (Phi) is 5.43. The summed E-state index contributed by atoms with van der Waals surface area (Å²) in [4.78, 5) is 12.9. The third-order valence-electron chi connectivity index (χ3n) is 13.5. The average Bonchev–Trinajstić information content (AvgIpc) is 3.36. The molecule has 0 radical (unpaired) electrons. The van der Waals surface area contributed by atoms with E-state index in [0.29, 0.717) is 33.4 Å². The molecule has 9 atom stereocenters. The molecule has 0 aromatic carbocycles. The Morgan fingerprint density at radius 3 is 2.33 bits per heavy atom. The topological polar surface area (TPSA) is 37.3 Å². The molecule has 186 valence electrons. The first-order valence-corrected chi connectivity index (χ1v) is 14.2. The highest BCUT2D eigenvalue weighted by molar-refractivity contribution is 5.86. The summed E-state index contributed by atoms with van der Waals surface area (Å²) in [6.07, 6.45) is 14.0. The third-order valence-corrected chi connectivity index (χ3v) is 13.5. The van der Waals surface area contributed by atoms with Gasteiger partial charge in [0.05, 0.1) is 0 Å². The fourth-order valence-electron chi connectivity index (χ4n) is 11.1. The molecule has 5 saturated carbocycles. The minimum absolute atomic E-state index is 0.102. The number of Topliss-reactive ketones (excluding diaryl/α,β-unsaturated/α-hetero) is 1. The van der Waals surface area contributed by atoms with Gasteiger partial charge in [-0.05, 0) is 115 Å². The van der Waals surface area contributed by atoms with E-state index in [-0.39, 0.29) is 17.9 Å². The number of rotatable bonds is 6. The second-order valence-corrected chi connectivity index (χ2v) is 14.6. The molecule has 2 heteroatoms. The number of hydrogen-bond donors (Lipinski definition) is 1. The zero-order chi connectivity index (χ0) is 24.0. The molecule has 33 heavy (non-hydrogen) atoms. The van der Waals surface area contributed by atoms with Crippen LogP contribution in [0.5, 0.6) is 0 Å². The lowest BCUT2D eigenvalue weighted by Crippen LogP contribution is -2.57. The van der Waals surface area contributed by atoms with Crippen molar-refractivity contribution in [2.45, 2.75) is 112 Å². The fourth-order valence-corrected chi connectivity index (χ4v) is 11.1. The van der Waals surface area contributed by atoms with E-state index in [1.54, 1.807) is 0 Å². The van der Waals surface area contributed by atoms with Crippen LogP contribution in [0.15, 0.2) is 12.2 Å². The van der Waals surface area contributed by atoms with Crippen molar-refractivity contribution in [2.24, 2.45) is 56.7 Å². The van der Waals surface area contributed by atoms with E-state index in [1.807, 2.05) is 0 Å². The number of carbonyl (C=O) groups excluding carboxylic acids is 1. The number of ketones is 1. The zero-order valence-electron chi connectivity index (χ0n) is 22.4. The molecule has 2 spiro atoms. The van der Waals surface area contributed by atoms with Crippen LogP contribution >= 0.6 is 0 Å². The van der Waals surface area contributed by atoms with Crippen LogP contribution in [0.1, 0.15) is 112 Å². The van der Waals surface area contributed by atoms with Crippen molar-refractivity contribution in [3.05, 3.63) is 12.2 Å². The second-order valence-electron chi connectivity index (χ2n) is 14.6. The number of aliphatic hydroxyl groups is 1. The van der Waals surface area contributed by atoms with Crippen molar-refractivity contribution in [3.8, 4) is 0 Å². The van der Waals surface area contributed by atoms with E-state index >= 15 is 0 Å². The number of hydrogen-bond acceptors (Lipinski definition) is 2. The Labute approximate surface area is 203 Å². The molecule has 1 N–H and O–H groups in total. The third kappa shape index (κ3) is 2.91. The molecule has 5 rings (SSSR count). The van der Waals surface area contributed by atoms with Crippen LogP contribution in [-0.2, 0) is 4.79 Å². The van der Waals surface area contributed by atoms with Gasteiger partial charge < -0.3 is 5.11 Å². The maximum atomic E-state index is 12.9. The largest absolute Gasteiger partial charge is 0.396 e. The predicted molar refractivity (Wildman–Crippen MR) is 136 cm³/mol. The van der Waals surface area contributed by atoms with Crippen molar-refractivity contribution in [3.63, 3.8) is 0 Å². The van der Waals surface area contributed by atoms with E-state index < -0.39 is 0 Å². The highest BCUT2D eigenvalue weighted by atomic mass is 16.3. The number of aliphatic hydroxyl groups excluding tert-OH is 1. The number of fused-ring (bicyclic) bond motifs is 2. The maximum absolute atomic E-state index is 12.9. The van der Waals surface area contributed by atoms with E-state index in [4.69, 9.17) is 0 Å². The van der Waals surface area contributed by atoms with Crippen LogP contribution in [-0.4, -0.2) is 17.5 Å². The summed E-state index contributed by atoms with van der Waals surface area (Å²) in [5.41, 5.74) is 3.06. The highest BCUT2D eigenvalue weighted by Gasteiger charge is 2.82. The molecule has 2 nitrogen and oxygen atoms in total. The van der Waals surface area contributed by atoms with Crippen molar-refractivity contribution in [2.75, 3.05) is 6.61 Å².